The third-order valence-electron chi connectivity index (χ3n) is 3.02. The summed E-state index contributed by atoms with van der Waals surface area (Å²) in [7, 11) is 0. The highest BCUT2D eigenvalue weighted by Crippen LogP contribution is 2.16. The van der Waals surface area contributed by atoms with E-state index in [0.717, 1.165) is 18.6 Å². The predicted octanol–water partition coefficient (Wildman–Crippen LogP) is 1.29. The molecule has 4 nitrogen and oxygen atoms in total. The Balaban J connectivity index is 1.88. The largest absolute Gasteiger partial charge is 0.387 e. The molecule has 1 aromatic rings. The second kappa shape index (κ2) is 6.08. The molecule has 2 N–H and O–H groups in total. The van der Waals surface area contributed by atoms with Gasteiger partial charge in [-0.15, -0.1) is 0 Å². The summed E-state index contributed by atoms with van der Waals surface area (Å²) in [6, 6.07) is 3.13. The maximum Gasteiger partial charge on any atom is 0.249 e. The number of aliphatic hydroxyl groups excluding tert-OH is 1. The van der Waals surface area contributed by atoms with E-state index in [2.05, 4.69) is 5.32 Å². The van der Waals surface area contributed by atoms with Crippen LogP contribution in [0.15, 0.2) is 18.2 Å². The van der Waals surface area contributed by atoms with Crippen LogP contribution in [0.2, 0.25) is 0 Å². The van der Waals surface area contributed by atoms with Crippen molar-refractivity contribution in [2.45, 2.75) is 25.0 Å². The average Bonchev–Trinajstić information content (AvgIpc) is 2.92. The number of halogens is 2. The van der Waals surface area contributed by atoms with Gasteiger partial charge in [-0.05, 0) is 30.5 Å². The first-order chi connectivity index (χ1) is 9.08. The Kier molecular flexibility index (Phi) is 4.44. The van der Waals surface area contributed by atoms with E-state index in [-0.39, 0.29) is 18.0 Å². The minimum atomic E-state index is -1.08. The molecule has 0 aromatic heterocycles. The van der Waals surface area contributed by atoms with Crippen molar-refractivity contribution in [1.29, 1.82) is 0 Å². The molecule has 104 valence electrons. The van der Waals surface area contributed by atoms with Gasteiger partial charge in [-0.1, -0.05) is 6.07 Å². The molecule has 0 aliphatic carbocycles. The molecule has 0 spiro atoms. The monoisotopic (exact) mass is 271 g/mol. The lowest BCUT2D eigenvalue weighted by Gasteiger charge is -2.14. The van der Waals surface area contributed by atoms with E-state index in [9.17, 15) is 18.7 Å². The number of hydrogen-bond donors (Lipinski definition) is 2. The lowest BCUT2D eigenvalue weighted by molar-refractivity contribution is -0.130. The Morgan fingerprint density at radius 2 is 2.26 bits per heavy atom. The fourth-order valence-electron chi connectivity index (χ4n) is 1.93. The summed E-state index contributed by atoms with van der Waals surface area (Å²) in [5.74, 6) is -2.29. The number of aliphatic hydroxyl groups is 1. The second-order valence-electron chi connectivity index (χ2n) is 4.44. The quantitative estimate of drug-likeness (QED) is 0.867. The molecule has 1 aliphatic rings. The molecular formula is C13H15F2NO3. The fourth-order valence-corrected chi connectivity index (χ4v) is 1.93. The molecule has 1 heterocycles. The zero-order chi connectivity index (χ0) is 13.8. The van der Waals surface area contributed by atoms with E-state index in [1.165, 1.54) is 6.07 Å². The van der Waals surface area contributed by atoms with Crippen LogP contribution < -0.4 is 5.32 Å². The molecule has 2 unspecified atom stereocenters. The van der Waals surface area contributed by atoms with Crippen LogP contribution in [0, 0.1) is 11.6 Å². The number of rotatable bonds is 4. The Labute approximate surface area is 109 Å². The molecule has 2 rings (SSSR count). The molecule has 1 aromatic carbocycles. The summed E-state index contributed by atoms with van der Waals surface area (Å²) in [5.41, 5.74) is 0.214. The molecule has 1 amide bonds. The Hall–Kier alpha value is -1.53. The van der Waals surface area contributed by atoms with Crippen molar-refractivity contribution in [3.05, 3.63) is 35.4 Å². The summed E-state index contributed by atoms with van der Waals surface area (Å²) < 4.78 is 30.9. The Morgan fingerprint density at radius 1 is 1.47 bits per heavy atom. The highest BCUT2D eigenvalue weighted by Gasteiger charge is 2.24. The number of carbonyl (C=O) groups is 1. The van der Waals surface area contributed by atoms with E-state index in [1.54, 1.807) is 0 Å². The fraction of sp³-hybridized carbons (Fsp3) is 0.462. The molecule has 1 aliphatic heterocycles. The number of carbonyl (C=O) groups excluding carboxylic acids is 1. The van der Waals surface area contributed by atoms with Crippen molar-refractivity contribution in [2.75, 3.05) is 13.2 Å². The zero-order valence-corrected chi connectivity index (χ0v) is 10.2. The van der Waals surface area contributed by atoms with Crippen molar-refractivity contribution >= 4 is 5.91 Å². The topological polar surface area (TPSA) is 58.6 Å². The SMILES string of the molecule is O=C(NCC(O)c1ccc(F)c(F)c1)C1CCCO1. The van der Waals surface area contributed by atoms with Crippen LogP contribution in [-0.2, 0) is 9.53 Å². The predicted molar refractivity (Wildman–Crippen MR) is 63.3 cm³/mol. The van der Waals surface area contributed by atoms with E-state index < -0.39 is 23.8 Å². The average molecular weight is 271 g/mol. The van der Waals surface area contributed by atoms with Crippen LogP contribution in [0.4, 0.5) is 8.78 Å². The van der Waals surface area contributed by atoms with Gasteiger partial charge in [0, 0.05) is 13.2 Å². The molecule has 1 fully saturated rings. The Bertz CT molecular complexity index is 461. The normalized spacial score (nSPS) is 20.3. The van der Waals surface area contributed by atoms with Crippen LogP contribution in [0.5, 0.6) is 0 Å². The molecule has 19 heavy (non-hydrogen) atoms. The standard InChI is InChI=1S/C13H15F2NO3/c14-9-4-3-8(6-10(9)15)11(17)7-16-13(18)12-2-1-5-19-12/h3-4,6,11-12,17H,1-2,5,7H2,(H,16,18). The lowest BCUT2D eigenvalue weighted by Crippen LogP contribution is -2.36. The summed E-state index contributed by atoms with van der Waals surface area (Å²) in [5, 5.41) is 12.3. The molecule has 0 bridgehead atoms. The van der Waals surface area contributed by atoms with Crippen LogP contribution in [-0.4, -0.2) is 30.3 Å². The first-order valence-corrected chi connectivity index (χ1v) is 6.10. The van der Waals surface area contributed by atoms with Crippen LogP contribution >= 0.6 is 0 Å². The van der Waals surface area contributed by atoms with Gasteiger partial charge >= 0.3 is 0 Å². The minimum Gasteiger partial charge on any atom is -0.387 e. The van der Waals surface area contributed by atoms with Crippen LogP contribution in [0.1, 0.15) is 24.5 Å². The van der Waals surface area contributed by atoms with Gasteiger partial charge in [0.15, 0.2) is 11.6 Å². The summed E-state index contributed by atoms with van der Waals surface area (Å²) in [4.78, 5) is 11.6. The van der Waals surface area contributed by atoms with E-state index in [1.807, 2.05) is 0 Å². The number of amides is 1. The van der Waals surface area contributed by atoms with Gasteiger partial charge in [0.2, 0.25) is 5.91 Å². The summed E-state index contributed by atoms with van der Waals surface area (Å²) in [6.45, 7) is 0.494. The van der Waals surface area contributed by atoms with Crippen molar-refractivity contribution in [3.63, 3.8) is 0 Å². The lowest BCUT2D eigenvalue weighted by atomic mass is 10.1. The van der Waals surface area contributed by atoms with E-state index in [4.69, 9.17) is 4.74 Å². The van der Waals surface area contributed by atoms with E-state index >= 15 is 0 Å². The third-order valence-corrected chi connectivity index (χ3v) is 3.02. The zero-order valence-electron chi connectivity index (χ0n) is 10.2. The summed E-state index contributed by atoms with van der Waals surface area (Å²) >= 11 is 0. The van der Waals surface area contributed by atoms with E-state index in [0.29, 0.717) is 13.0 Å². The first kappa shape index (κ1) is 13.9. The summed E-state index contributed by atoms with van der Waals surface area (Å²) in [6.07, 6.45) is -0.0608. The minimum absolute atomic E-state index is 0.0657. The van der Waals surface area contributed by atoms with Gasteiger partial charge in [-0.2, -0.15) is 0 Å². The number of nitrogens with one attached hydrogen (secondary N) is 1. The van der Waals surface area contributed by atoms with Crippen molar-refractivity contribution in [3.8, 4) is 0 Å². The molecular weight excluding hydrogens is 256 g/mol. The van der Waals surface area contributed by atoms with Gasteiger partial charge in [-0.3, -0.25) is 4.79 Å². The molecule has 6 heteroatoms. The van der Waals surface area contributed by atoms with Gasteiger partial charge in [-0.25, -0.2) is 8.78 Å². The smallest absolute Gasteiger partial charge is 0.249 e. The first-order valence-electron chi connectivity index (χ1n) is 6.10. The number of ether oxygens (including phenoxy) is 1. The van der Waals surface area contributed by atoms with Gasteiger partial charge in [0.05, 0.1) is 6.10 Å². The third kappa shape index (κ3) is 3.48. The highest BCUT2D eigenvalue weighted by atomic mass is 19.2. The molecule has 0 saturated carbocycles. The maximum atomic E-state index is 13.0. The van der Waals surface area contributed by atoms with Gasteiger partial charge in [0.25, 0.3) is 0 Å². The van der Waals surface area contributed by atoms with Crippen molar-refractivity contribution in [1.82, 2.24) is 5.32 Å². The highest BCUT2D eigenvalue weighted by molar-refractivity contribution is 5.80. The van der Waals surface area contributed by atoms with Gasteiger partial charge in [0.1, 0.15) is 6.10 Å². The molecule has 1 saturated heterocycles. The molecule has 2 atom stereocenters. The van der Waals surface area contributed by atoms with Crippen LogP contribution in [0.3, 0.4) is 0 Å². The van der Waals surface area contributed by atoms with Crippen molar-refractivity contribution in [2.24, 2.45) is 0 Å². The molecule has 0 radical (unpaired) electrons. The van der Waals surface area contributed by atoms with Crippen molar-refractivity contribution < 1.29 is 23.4 Å². The number of hydrogen-bond acceptors (Lipinski definition) is 3. The number of benzene rings is 1. The maximum absolute atomic E-state index is 13.0. The van der Waals surface area contributed by atoms with Gasteiger partial charge < -0.3 is 15.2 Å². The van der Waals surface area contributed by atoms with Crippen LogP contribution in [0.25, 0.3) is 0 Å². The Morgan fingerprint density at radius 3 is 2.89 bits per heavy atom. The second-order valence-corrected chi connectivity index (χ2v) is 4.44.